The molecule has 1 heterocycles. The summed E-state index contributed by atoms with van der Waals surface area (Å²) >= 11 is 0. The standard InChI is InChI=1S/C16H19N5O4/c17-11-4-2-1-3-10(11)14(22)6-13(16(24)25)21-15(23)12(18)5-9-7-19-8-20-9/h1-4,7-8,12-13H,5-6,17-18H2,(H,19,20)(H,21,23)(H,24,25)/t12-,13-/m0/s1. The van der Waals surface area contributed by atoms with E-state index < -0.39 is 36.2 Å². The zero-order valence-corrected chi connectivity index (χ0v) is 13.3. The normalized spacial score (nSPS) is 13.0. The zero-order valence-electron chi connectivity index (χ0n) is 13.3. The van der Waals surface area contributed by atoms with Gasteiger partial charge in [0.05, 0.1) is 12.4 Å². The van der Waals surface area contributed by atoms with Crippen LogP contribution < -0.4 is 16.8 Å². The molecule has 2 atom stereocenters. The van der Waals surface area contributed by atoms with E-state index in [4.69, 9.17) is 11.5 Å². The molecule has 0 aliphatic heterocycles. The van der Waals surface area contributed by atoms with Crippen molar-refractivity contribution in [3.05, 3.63) is 48.0 Å². The van der Waals surface area contributed by atoms with Crippen LogP contribution in [0.4, 0.5) is 5.69 Å². The van der Waals surface area contributed by atoms with Gasteiger partial charge in [-0.1, -0.05) is 12.1 Å². The van der Waals surface area contributed by atoms with Gasteiger partial charge in [0.25, 0.3) is 0 Å². The van der Waals surface area contributed by atoms with Gasteiger partial charge in [-0.3, -0.25) is 9.59 Å². The number of nitrogens with one attached hydrogen (secondary N) is 2. The van der Waals surface area contributed by atoms with E-state index in [9.17, 15) is 19.5 Å². The summed E-state index contributed by atoms with van der Waals surface area (Å²) in [6.07, 6.45) is 2.70. The Morgan fingerprint density at radius 1 is 1.28 bits per heavy atom. The maximum atomic E-state index is 12.2. The molecule has 25 heavy (non-hydrogen) atoms. The van der Waals surface area contributed by atoms with Gasteiger partial charge in [0.15, 0.2) is 5.78 Å². The topological polar surface area (TPSA) is 164 Å². The lowest BCUT2D eigenvalue weighted by Crippen LogP contribution is -2.50. The number of Topliss-reactive ketones (excluding diaryl/α,β-unsaturated/α-hetero) is 1. The van der Waals surface area contributed by atoms with Crippen molar-refractivity contribution in [3.63, 3.8) is 0 Å². The molecule has 0 fully saturated rings. The van der Waals surface area contributed by atoms with Crippen LogP contribution in [0.1, 0.15) is 22.5 Å². The number of para-hydroxylation sites is 1. The number of aromatic nitrogens is 2. The lowest BCUT2D eigenvalue weighted by atomic mass is 10.0. The van der Waals surface area contributed by atoms with E-state index >= 15 is 0 Å². The van der Waals surface area contributed by atoms with Gasteiger partial charge >= 0.3 is 5.97 Å². The fraction of sp³-hybridized carbons (Fsp3) is 0.250. The van der Waals surface area contributed by atoms with Crippen molar-refractivity contribution >= 4 is 23.3 Å². The Balaban J connectivity index is 2.00. The Bertz CT molecular complexity index is 760. The monoisotopic (exact) mass is 345 g/mol. The fourth-order valence-electron chi connectivity index (χ4n) is 2.25. The second-order valence-corrected chi connectivity index (χ2v) is 5.50. The Labute approximate surface area is 143 Å². The summed E-state index contributed by atoms with van der Waals surface area (Å²) in [5.41, 5.74) is 12.6. The molecule has 0 radical (unpaired) electrons. The number of carboxylic acid groups (broad SMARTS) is 1. The summed E-state index contributed by atoms with van der Waals surface area (Å²) in [6, 6.07) is 3.96. The van der Waals surface area contributed by atoms with Crippen molar-refractivity contribution in [1.29, 1.82) is 0 Å². The summed E-state index contributed by atoms with van der Waals surface area (Å²) in [5, 5.41) is 11.6. The molecule has 0 aliphatic rings. The number of benzene rings is 1. The summed E-state index contributed by atoms with van der Waals surface area (Å²) < 4.78 is 0. The number of nitrogens with two attached hydrogens (primary N) is 2. The summed E-state index contributed by atoms with van der Waals surface area (Å²) in [4.78, 5) is 42.3. The van der Waals surface area contributed by atoms with Gasteiger partial charge in [0, 0.05) is 36.0 Å². The third-order valence-corrected chi connectivity index (χ3v) is 3.60. The highest BCUT2D eigenvalue weighted by Gasteiger charge is 2.27. The SMILES string of the molecule is Nc1ccccc1C(=O)C[C@H](NC(=O)[C@@H](N)Cc1cnc[nH]1)C(=O)O. The molecule has 1 aromatic heterocycles. The molecule has 0 bridgehead atoms. The highest BCUT2D eigenvalue weighted by Crippen LogP contribution is 2.14. The average Bonchev–Trinajstić information content (AvgIpc) is 3.07. The van der Waals surface area contributed by atoms with Crippen LogP contribution in [0.2, 0.25) is 0 Å². The molecule has 0 saturated carbocycles. The van der Waals surface area contributed by atoms with E-state index in [1.54, 1.807) is 18.2 Å². The van der Waals surface area contributed by atoms with Gasteiger partial charge in [0.1, 0.15) is 6.04 Å². The van der Waals surface area contributed by atoms with E-state index in [1.165, 1.54) is 18.6 Å². The first kappa shape index (κ1) is 18.1. The van der Waals surface area contributed by atoms with Crippen molar-refractivity contribution in [2.75, 3.05) is 5.73 Å². The van der Waals surface area contributed by atoms with Crippen LogP contribution in [0.5, 0.6) is 0 Å². The highest BCUT2D eigenvalue weighted by atomic mass is 16.4. The highest BCUT2D eigenvalue weighted by molar-refractivity contribution is 6.03. The van der Waals surface area contributed by atoms with E-state index in [-0.39, 0.29) is 17.7 Å². The summed E-state index contributed by atoms with van der Waals surface area (Å²) in [5.74, 6) is -2.48. The number of carbonyl (C=O) groups excluding carboxylic acids is 2. The lowest BCUT2D eigenvalue weighted by Gasteiger charge is -2.17. The number of anilines is 1. The maximum Gasteiger partial charge on any atom is 0.326 e. The maximum absolute atomic E-state index is 12.2. The summed E-state index contributed by atoms with van der Waals surface area (Å²) in [7, 11) is 0. The number of ketones is 1. The van der Waals surface area contributed by atoms with Gasteiger partial charge in [-0.15, -0.1) is 0 Å². The Morgan fingerprint density at radius 3 is 2.60 bits per heavy atom. The molecular weight excluding hydrogens is 326 g/mol. The number of carboxylic acids is 1. The lowest BCUT2D eigenvalue weighted by molar-refractivity contribution is -0.141. The number of aromatic amines is 1. The molecular formula is C16H19N5O4. The number of nitrogens with zero attached hydrogens (tertiary/aromatic N) is 1. The first-order valence-electron chi connectivity index (χ1n) is 7.52. The van der Waals surface area contributed by atoms with Crippen molar-refractivity contribution < 1.29 is 19.5 Å². The predicted molar refractivity (Wildman–Crippen MR) is 89.6 cm³/mol. The minimum atomic E-state index is -1.40. The van der Waals surface area contributed by atoms with Crippen molar-refractivity contribution in [1.82, 2.24) is 15.3 Å². The van der Waals surface area contributed by atoms with Gasteiger partial charge in [-0.25, -0.2) is 9.78 Å². The molecule has 132 valence electrons. The first-order valence-corrected chi connectivity index (χ1v) is 7.52. The number of rotatable bonds is 8. The molecule has 0 aliphatic carbocycles. The number of aliphatic carboxylic acids is 1. The number of amides is 1. The second kappa shape index (κ2) is 8.06. The molecule has 0 spiro atoms. The molecule has 7 N–H and O–H groups in total. The third kappa shape index (κ3) is 4.88. The minimum Gasteiger partial charge on any atom is -0.480 e. The van der Waals surface area contributed by atoms with Gasteiger partial charge < -0.3 is 26.9 Å². The minimum absolute atomic E-state index is 0.164. The molecule has 1 amide bonds. The smallest absolute Gasteiger partial charge is 0.326 e. The molecule has 1 aromatic carbocycles. The number of carbonyl (C=O) groups is 3. The van der Waals surface area contributed by atoms with Crippen LogP contribution in [0.15, 0.2) is 36.8 Å². The molecule has 9 nitrogen and oxygen atoms in total. The number of imidazole rings is 1. The number of hydrogen-bond donors (Lipinski definition) is 5. The molecule has 0 saturated heterocycles. The third-order valence-electron chi connectivity index (χ3n) is 3.60. The first-order chi connectivity index (χ1) is 11.9. The molecule has 9 heteroatoms. The Kier molecular flexibility index (Phi) is 5.85. The van der Waals surface area contributed by atoms with Gasteiger partial charge in [-0.2, -0.15) is 0 Å². The van der Waals surface area contributed by atoms with Crippen molar-refractivity contribution in [2.45, 2.75) is 24.9 Å². The largest absolute Gasteiger partial charge is 0.480 e. The number of hydrogen-bond acceptors (Lipinski definition) is 6. The van der Waals surface area contributed by atoms with Crippen LogP contribution in [0.3, 0.4) is 0 Å². The fourth-order valence-corrected chi connectivity index (χ4v) is 2.25. The van der Waals surface area contributed by atoms with Crippen LogP contribution in [-0.2, 0) is 16.0 Å². The number of H-pyrrole nitrogens is 1. The predicted octanol–water partition coefficient (Wildman–Crippen LogP) is -0.296. The van der Waals surface area contributed by atoms with Crippen LogP contribution in [0.25, 0.3) is 0 Å². The van der Waals surface area contributed by atoms with E-state index in [2.05, 4.69) is 15.3 Å². The molecule has 2 aromatic rings. The second-order valence-electron chi connectivity index (χ2n) is 5.50. The quantitative estimate of drug-likeness (QED) is 0.324. The van der Waals surface area contributed by atoms with E-state index in [0.717, 1.165) is 0 Å². The molecule has 0 unspecified atom stereocenters. The van der Waals surface area contributed by atoms with Crippen molar-refractivity contribution in [3.8, 4) is 0 Å². The average molecular weight is 345 g/mol. The van der Waals surface area contributed by atoms with E-state index in [0.29, 0.717) is 5.69 Å². The van der Waals surface area contributed by atoms with Crippen molar-refractivity contribution in [2.24, 2.45) is 5.73 Å². The molecule has 2 rings (SSSR count). The zero-order chi connectivity index (χ0) is 18.4. The number of nitrogen functional groups attached to an aromatic ring is 1. The van der Waals surface area contributed by atoms with Crippen LogP contribution in [-0.4, -0.2) is 44.8 Å². The Morgan fingerprint density at radius 2 is 2.00 bits per heavy atom. The summed E-state index contributed by atoms with van der Waals surface area (Å²) in [6.45, 7) is 0. The van der Waals surface area contributed by atoms with Crippen LogP contribution in [0, 0.1) is 0 Å². The van der Waals surface area contributed by atoms with Gasteiger partial charge in [0.2, 0.25) is 5.91 Å². The van der Waals surface area contributed by atoms with E-state index in [1.807, 2.05) is 0 Å². The Hall–Kier alpha value is -3.20. The van der Waals surface area contributed by atoms with Crippen LogP contribution >= 0.6 is 0 Å². The van der Waals surface area contributed by atoms with Gasteiger partial charge in [-0.05, 0) is 12.1 Å².